The van der Waals surface area contributed by atoms with Crippen LogP contribution >= 0.6 is 11.6 Å². The fraction of sp³-hybridized carbons (Fsp3) is 0.154. The Morgan fingerprint density at radius 2 is 2.15 bits per heavy atom. The van der Waals surface area contributed by atoms with Gasteiger partial charge in [-0.15, -0.1) is 11.6 Å². The summed E-state index contributed by atoms with van der Waals surface area (Å²) in [7, 11) is 1.41. The number of nitro benzene ring substituents is 1. The molecule has 0 fully saturated rings. The molecule has 0 bridgehead atoms. The molecule has 0 spiro atoms. The summed E-state index contributed by atoms with van der Waals surface area (Å²) in [4.78, 5) is 14.3. The molecule has 1 heterocycles. The lowest BCUT2D eigenvalue weighted by molar-refractivity contribution is -0.384. The Balaban J connectivity index is 2.36. The molecule has 0 aliphatic heterocycles. The molecule has 0 amide bonds. The van der Waals surface area contributed by atoms with Gasteiger partial charge in [-0.3, -0.25) is 10.1 Å². The van der Waals surface area contributed by atoms with Crippen LogP contribution in [0, 0.1) is 10.1 Å². The second kappa shape index (κ2) is 6.21. The van der Waals surface area contributed by atoms with Crippen molar-refractivity contribution >= 4 is 17.3 Å². The van der Waals surface area contributed by atoms with Crippen LogP contribution in [0.3, 0.4) is 0 Å². The molecule has 2 aromatic rings. The Labute approximate surface area is 120 Å². The number of halogens is 1. The summed E-state index contributed by atoms with van der Waals surface area (Å²) < 4.78 is 10.7. The smallest absolute Gasteiger partial charge is 0.273 e. The van der Waals surface area contributed by atoms with Gasteiger partial charge in [0.1, 0.15) is 0 Å². The number of methoxy groups -OCH3 is 1. The highest BCUT2D eigenvalue weighted by Crippen LogP contribution is 2.35. The average molecular weight is 295 g/mol. The minimum absolute atomic E-state index is 0.0761. The third-order valence-electron chi connectivity index (χ3n) is 2.56. The van der Waals surface area contributed by atoms with Crippen LogP contribution in [0.2, 0.25) is 0 Å². The quantitative estimate of drug-likeness (QED) is 0.479. The molecule has 7 heteroatoms. The first-order valence-electron chi connectivity index (χ1n) is 5.66. The fourth-order valence-corrected chi connectivity index (χ4v) is 1.78. The van der Waals surface area contributed by atoms with Crippen molar-refractivity contribution in [2.75, 3.05) is 7.11 Å². The highest BCUT2D eigenvalue weighted by Gasteiger charge is 2.14. The van der Waals surface area contributed by atoms with Crippen LogP contribution in [-0.2, 0) is 5.88 Å². The summed E-state index contributed by atoms with van der Waals surface area (Å²) in [6.07, 6.45) is 1.57. The van der Waals surface area contributed by atoms with E-state index in [-0.39, 0.29) is 17.3 Å². The molecule has 6 nitrogen and oxygen atoms in total. The summed E-state index contributed by atoms with van der Waals surface area (Å²) in [5.41, 5.74) is 0.641. The van der Waals surface area contributed by atoms with Gasteiger partial charge >= 0.3 is 0 Å². The predicted octanol–water partition coefficient (Wildman–Crippen LogP) is 3.53. The van der Waals surface area contributed by atoms with Gasteiger partial charge in [0.25, 0.3) is 5.69 Å². The Bertz CT molecular complexity index is 634. The van der Waals surface area contributed by atoms with Crippen molar-refractivity contribution in [1.29, 1.82) is 0 Å². The van der Waals surface area contributed by atoms with Gasteiger partial charge < -0.3 is 9.47 Å². The summed E-state index contributed by atoms with van der Waals surface area (Å²) >= 11 is 5.80. The molecule has 1 aromatic heterocycles. The van der Waals surface area contributed by atoms with Gasteiger partial charge in [-0.25, -0.2) is 4.98 Å². The normalized spacial score (nSPS) is 10.1. The predicted molar refractivity (Wildman–Crippen MR) is 73.5 cm³/mol. The number of rotatable bonds is 5. The summed E-state index contributed by atoms with van der Waals surface area (Å²) in [6, 6.07) is 7.62. The molecule has 0 aliphatic carbocycles. The molecule has 0 radical (unpaired) electrons. The standard InChI is InChI=1S/C13H11ClN2O4/c1-19-12-7-10(16(17)18)4-5-11(12)20-13-9(8-14)3-2-6-15-13/h2-7H,8H2,1H3. The molecule has 2 rings (SSSR count). The maximum Gasteiger partial charge on any atom is 0.273 e. The number of hydrogen-bond acceptors (Lipinski definition) is 5. The number of aromatic nitrogens is 1. The van der Waals surface area contributed by atoms with Gasteiger partial charge in [-0.05, 0) is 12.1 Å². The largest absolute Gasteiger partial charge is 0.493 e. The maximum absolute atomic E-state index is 10.7. The summed E-state index contributed by atoms with van der Waals surface area (Å²) in [6.45, 7) is 0. The summed E-state index contributed by atoms with van der Waals surface area (Å²) in [5, 5.41) is 10.7. The average Bonchev–Trinajstić information content (AvgIpc) is 2.48. The van der Waals surface area contributed by atoms with Crippen molar-refractivity contribution in [3.8, 4) is 17.4 Å². The first-order valence-corrected chi connectivity index (χ1v) is 6.19. The van der Waals surface area contributed by atoms with E-state index in [0.717, 1.165) is 5.56 Å². The molecule has 20 heavy (non-hydrogen) atoms. The lowest BCUT2D eigenvalue weighted by atomic mass is 10.2. The van der Waals surface area contributed by atoms with Gasteiger partial charge in [-0.1, -0.05) is 6.07 Å². The molecule has 104 valence electrons. The molecule has 0 saturated heterocycles. The van der Waals surface area contributed by atoms with Gasteiger partial charge in [0.05, 0.1) is 24.0 Å². The number of pyridine rings is 1. The highest BCUT2D eigenvalue weighted by molar-refractivity contribution is 6.17. The molecule has 0 atom stereocenters. The van der Waals surface area contributed by atoms with Crippen molar-refractivity contribution < 1.29 is 14.4 Å². The molecular formula is C13H11ClN2O4. The zero-order chi connectivity index (χ0) is 14.5. The molecule has 1 aromatic carbocycles. The Morgan fingerprint density at radius 3 is 2.80 bits per heavy atom. The van der Waals surface area contributed by atoms with E-state index >= 15 is 0 Å². The van der Waals surface area contributed by atoms with Crippen LogP contribution in [-0.4, -0.2) is 17.0 Å². The summed E-state index contributed by atoms with van der Waals surface area (Å²) in [5.74, 6) is 1.18. The SMILES string of the molecule is COc1cc([N+](=O)[O-])ccc1Oc1ncccc1CCl. The van der Waals surface area contributed by atoms with E-state index in [4.69, 9.17) is 21.1 Å². The number of nitrogens with zero attached hydrogens (tertiary/aromatic N) is 2. The monoisotopic (exact) mass is 294 g/mol. The number of non-ortho nitro benzene ring substituents is 1. The number of nitro groups is 1. The zero-order valence-electron chi connectivity index (χ0n) is 10.6. The van der Waals surface area contributed by atoms with Crippen molar-refractivity contribution in [2.24, 2.45) is 0 Å². The van der Waals surface area contributed by atoms with E-state index in [1.54, 1.807) is 18.3 Å². The lowest BCUT2D eigenvalue weighted by Crippen LogP contribution is -1.96. The molecule has 0 aliphatic rings. The van der Waals surface area contributed by atoms with Crippen LogP contribution in [0.25, 0.3) is 0 Å². The Morgan fingerprint density at radius 1 is 1.35 bits per heavy atom. The Hall–Kier alpha value is -2.34. The highest BCUT2D eigenvalue weighted by atomic mass is 35.5. The van der Waals surface area contributed by atoms with E-state index in [9.17, 15) is 10.1 Å². The van der Waals surface area contributed by atoms with Crippen LogP contribution < -0.4 is 9.47 Å². The first-order chi connectivity index (χ1) is 9.65. The van der Waals surface area contributed by atoms with Crippen LogP contribution in [0.15, 0.2) is 36.5 Å². The van der Waals surface area contributed by atoms with Crippen molar-refractivity contribution in [1.82, 2.24) is 4.98 Å². The number of alkyl halides is 1. The van der Waals surface area contributed by atoms with Gasteiger partial charge in [0.15, 0.2) is 11.5 Å². The number of ether oxygens (including phenoxy) is 2. The van der Waals surface area contributed by atoms with Crippen molar-refractivity contribution in [3.63, 3.8) is 0 Å². The zero-order valence-corrected chi connectivity index (χ0v) is 11.3. The first kappa shape index (κ1) is 14.1. The minimum atomic E-state index is -0.503. The van der Waals surface area contributed by atoms with Crippen LogP contribution in [0.5, 0.6) is 17.4 Å². The van der Waals surface area contributed by atoms with E-state index in [2.05, 4.69) is 4.98 Å². The topological polar surface area (TPSA) is 74.5 Å². The lowest BCUT2D eigenvalue weighted by Gasteiger charge is -2.11. The van der Waals surface area contributed by atoms with Gasteiger partial charge in [-0.2, -0.15) is 0 Å². The van der Waals surface area contributed by atoms with E-state index in [0.29, 0.717) is 11.6 Å². The van der Waals surface area contributed by atoms with Gasteiger partial charge in [0.2, 0.25) is 5.88 Å². The van der Waals surface area contributed by atoms with E-state index < -0.39 is 4.92 Å². The Kier molecular flexibility index (Phi) is 4.37. The third-order valence-corrected chi connectivity index (χ3v) is 2.85. The van der Waals surface area contributed by atoms with Crippen LogP contribution in [0.4, 0.5) is 5.69 Å². The number of benzene rings is 1. The van der Waals surface area contributed by atoms with E-state index in [1.165, 1.54) is 25.3 Å². The second-order valence-electron chi connectivity index (χ2n) is 3.80. The third kappa shape index (κ3) is 2.97. The molecule has 0 N–H and O–H groups in total. The van der Waals surface area contributed by atoms with Gasteiger partial charge in [0, 0.05) is 17.8 Å². The van der Waals surface area contributed by atoms with Crippen LogP contribution in [0.1, 0.15) is 5.56 Å². The minimum Gasteiger partial charge on any atom is -0.493 e. The van der Waals surface area contributed by atoms with E-state index in [1.807, 2.05) is 0 Å². The van der Waals surface area contributed by atoms with Crippen molar-refractivity contribution in [2.45, 2.75) is 5.88 Å². The second-order valence-corrected chi connectivity index (χ2v) is 4.06. The molecular weight excluding hydrogens is 284 g/mol. The molecule has 0 saturated carbocycles. The maximum atomic E-state index is 10.7. The van der Waals surface area contributed by atoms with Crippen molar-refractivity contribution in [3.05, 3.63) is 52.2 Å². The fourth-order valence-electron chi connectivity index (χ4n) is 1.58. The number of hydrogen-bond donors (Lipinski definition) is 0. The molecule has 0 unspecified atom stereocenters.